The van der Waals surface area contributed by atoms with Gasteiger partial charge in [0.05, 0.1) is 12.1 Å². The first-order chi connectivity index (χ1) is 6.48. The molecule has 0 aliphatic carbocycles. The second-order valence-electron chi connectivity index (χ2n) is 3.89. The molecular formula is C10H16BrNO2. The van der Waals surface area contributed by atoms with Crippen molar-refractivity contribution in [1.82, 2.24) is 5.32 Å². The largest absolute Gasteiger partial charge is 0.452 e. The standard InChI is InChI=1S/C10H16BrNO2/c1-7(2)12-10(3,6-13)8-4-5-9(11)14-8/h4-5,7,12-13H,6H2,1-3H3. The van der Waals surface area contributed by atoms with Crippen LogP contribution in [0, 0.1) is 0 Å². The molecule has 0 fully saturated rings. The van der Waals surface area contributed by atoms with E-state index in [4.69, 9.17) is 4.42 Å². The maximum Gasteiger partial charge on any atom is 0.169 e. The monoisotopic (exact) mass is 261 g/mol. The van der Waals surface area contributed by atoms with Crippen LogP contribution in [-0.4, -0.2) is 17.8 Å². The number of hydrogen-bond donors (Lipinski definition) is 2. The van der Waals surface area contributed by atoms with E-state index in [1.54, 1.807) is 0 Å². The average Bonchev–Trinajstić information content (AvgIpc) is 2.51. The number of nitrogens with one attached hydrogen (secondary N) is 1. The maximum absolute atomic E-state index is 9.36. The van der Waals surface area contributed by atoms with E-state index in [0.717, 1.165) is 5.76 Å². The van der Waals surface area contributed by atoms with Crippen LogP contribution >= 0.6 is 15.9 Å². The molecule has 0 radical (unpaired) electrons. The minimum Gasteiger partial charge on any atom is -0.452 e. The number of hydrogen-bond acceptors (Lipinski definition) is 3. The van der Waals surface area contributed by atoms with Crippen LogP contribution < -0.4 is 5.32 Å². The summed E-state index contributed by atoms with van der Waals surface area (Å²) in [5.41, 5.74) is -0.514. The molecular weight excluding hydrogens is 246 g/mol. The molecule has 1 unspecified atom stereocenters. The van der Waals surface area contributed by atoms with Crippen LogP contribution in [0.1, 0.15) is 26.5 Å². The van der Waals surface area contributed by atoms with E-state index in [0.29, 0.717) is 4.67 Å². The van der Waals surface area contributed by atoms with Gasteiger partial charge in [-0.15, -0.1) is 0 Å². The van der Waals surface area contributed by atoms with E-state index < -0.39 is 5.54 Å². The van der Waals surface area contributed by atoms with Gasteiger partial charge in [0.1, 0.15) is 5.76 Å². The first kappa shape index (κ1) is 11.8. The summed E-state index contributed by atoms with van der Waals surface area (Å²) >= 11 is 3.24. The van der Waals surface area contributed by atoms with Crippen LogP contribution in [0.4, 0.5) is 0 Å². The van der Waals surface area contributed by atoms with Crippen LogP contribution in [0.2, 0.25) is 0 Å². The van der Waals surface area contributed by atoms with Gasteiger partial charge in [0, 0.05) is 6.04 Å². The highest BCUT2D eigenvalue weighted by Crippen LogP contribution is 2.25. The van der Waals surface area contributed by atoms with Crippen molar-refractivity contribution in [3.05, 3.63) is 22.6 Å². The Hall–Kier alpha value is -0.320. The number of aliphatic hydroxyl groups excluding tert-OH is 1. The minimum absolute atomic E-state index is 0.00509. The second-order valence-corrected chi connectivity index (χ2v) is 4.67. The van der Waals surface area contributed by atoms with Crippen molar-refractivity contribution in [3.8, 4) is 0 Å². The molecule has 0 aliphatic rings. The SMILES string of the molecule is CC(C)NC(C)(CO)c1ccc(Br)o1. The molecule has 0 saturated carbocycles. The summed E-state index contributed by atoms with van der Waals surface area (Å²) < 4.78 is 6.11. The Morgan fingerprint density at radius 1 is 1.57 bits per heavy atom. The van der Waals surface area contributed by atoms with E-state index in [2.05, 4.69) is 21.2 Å². The van der Waals surface area contributed by atoms with E-state index in [-0.39, 0.29) is 12.6 Å². The number of furan rings is 1. The minimum atomic E-state index is -0.514. The van der Waals surface area contributed by atoms with Gasteiger partial charge < -0.3 is 14.8 Å². The van der Waals surface area contributed by atoms with E-state index in [1.807, 2.05) is 32.9 Å². The summed E-state index contributed by atoms with van der Waals surface area (Å²) in [6.07, 6.45) is 0. The van der Waals surface area contributed by atoms with Gasteiger partial charge in [0.2, 0.25) is 0 Å². The zero-order chi connectivity index (χ0) is 10.8. The number of aliphatic hydroxyl groups is 1. The number of rotatable bonds is 4. The van der Waals surface area contributed by atoms with E-state index >= 15 is 0 Å². The van der Waals surface area contributed by atoms with Crippen molar-refractivity contribution in [3.63, 3.8) is 0 Å². The summed E-state index contributed by atoms with van der Waals surface area (Å²) in [6, 6.07) is 3.97. The lowest BCUT2D eigenvalue weighted by atomic mass is 9.99. The predicted molar refractivity (Wildman–Crippen MR) is 59.1 cm³/mol. The summed E-state index contributed by atoms with van der Waals surface area (Å²) in [5.74, 6) is 0.737. The highest BCUT2D eigenvalue weighted by Gasteiger charge is 2.29. The molecule has 0 amide bonds. The second kappa shape index (κ2) is 4.47. The molecule has 0 aliphatic heterocycles. The zero-order valence-corrected chi connectivity index (χ0v) is 10.3. The third-order valence-corrected chi connectivity index (χ3v) is 2.47. The molecule has 4 heteroatoms. The van der Waals surface area contributed by atoms with Crippen LogP contribution in [0.15, 0.2) is 21.2 Å². The molecule has 1 atom stereocenters. The van der Waals surface area contributed by atoms with Gasteiger partial charge in [-0.2, -0.15) is 0 Å². The summed E-state index contributed by atoms with van der Waals surface area (Å²) in [7, 11) is 0. The zero-order valence-electron chi connectivity index (χ0n) is 8.67. The molecule has 80 valence electrons. The molecule has 2 N–H and O–H groups in total. The third-order valence-electron chi connectivity index (χ3n) is 2.04. The Labute approximate surface area is 92.6 Å². The molecule has 1 rings (SSSR count). The first-order valence-corrected chi connectivity index (χ1v) is 5.41. The van der Waals surface area contributed by atoms with Gasteiger partial charge in [0.15, 0.2) is 4.67 Å². The molecule has 0 aromatic carbocycles. The lowest BCUT2D eigenvalue weighted by Crippen LogP contribution is -2.46. The van der Waals surface area contributed by atoms with Crippen molar-refractivity contribution < 1.29 is 9.52 Å². The lowest BCUT2D eigenvalue weighted by molar-refractivity contribution is 0.143. The Morgan fingerprint density at radius 2 is 2.21 bits per heavy atom. The van der Waals surface area contributed by atoms with E-state index in [1.165, 1.54) is 0 Å². The van der Waals surface area contributed by atoms with Gasteiger partial charge in [-0.05, 0) is 48.8 Å². The van der Waals surface area contributed by atoms with Gasteiger partial charge in [-0.1, -0.05) is 0 Å². The third kappa shape index (κ3) is 2.59. The lowest BCUT2D eigenvalue weighted by Gasteiger charge is -2.28. The van der Waals surface area contributed by atoms with Gasteiger partial charge in [-0.25, -0.2) is 0 Å². The van der Waals surface area contributed by atoms with Gasteiger partial charge in [-0.3, -0.25) is 0 Å². The van der Waals surface area contributed by atoms with E-state index in [9.17, 15) is 5.11 Å². The Balaban J connectivity index is 2.89. The Morgan fingerprint density at radius 3 is 2.57 bits per heavy atom. The molecule has 1 aromatic rings. The smallest absolute Gasteiger partial charge is 0.169 e. The molecule has 1 aromatic heterocycles. The quantitative estimate of drug-likeness (QED) is 0.874. The Kier molecular flexibility index (Phi) is 3.75. The first-order valence-electron chi connectivity index (χ1n) is 4.62. The highest BCUT2D eigenvalue weighted by atomic mass is 79.9. The highest BCUT2D eigenvalue weighted by molar-refractivity contribution is 9.10. The van der Waals surface area contributed by atoms with Crippen molar-refractivity contribution in [2.24, 2.45) is 0 Å². The normalized spacial score (nSPS) is 15.9. The molecule has 3 nitrogen and oxygen atoms in total. The maximum atomic E-state index is 9.36. The summed E-state index contributed by atoms with van der Waals surface area (Å²) in [6.45, 7) is 5.99. The Bertz CT molecular complexity index is 298. The van der Waals surface area contributed by atoms with Crippen molar-refractivity contribution >= 4 is 15.9 Å². The van der Waals surface area contributed by atoms with Gasteiger partial charge in [0.25, 0.3) is 0 Å². The molecule has 1 heterocycles. The van der Waals surface area contributed by atoms with Crippen LogP contribution in [0.3, 0.4) is 0 Å². The van der Waals surface area contributed by atoms with Crippen molar-refractivity contribution in [2.75, 3.05) is 6.61 Å². The van der Waals surface area contributed by atoms with Crippen LogP contribution in [0.25, 0.3) is 0 Å². The van der Waals surface area contributed by atoms with Crippen molar-refractivity contribution in [1.29, 1.82) is 0 Å². The topological polar surface area (TPSA) is 45.4 Å². The van der Waals surface area contributed by atoms with Crippen LogP contribution in [-0.2, 0) is 5.54 Å². The van der Waals surface area contributed by atoms with Crippen molar-refractivity contribution in [2.45, 2.75) is 32.4 Å². The fraction of sp³-hybridized carbons (Fsp3) is 0.600. The summed E-state index contributed by atoms with van der Waals surface area (Å²) in [4.78, 5) is 0. The van der Waals surface area contributed by atoms with Gasteiger partial charge >= 0.3 is 0 Å². The fourth-order valence-corrected chi connectivity index (χ4v) is 1.75. The molecule has 14 heavy (non-hydrogen) atoms. The summed E-state index contributed by atoms with van der Waals surface area (Å²) in [5, 5.41) is 12.6. The number of halogens is 1. The fourth-order valence-electron chi connectivity index (χ4n) is 1.44. The average molecular weight is 262 g/mol. The molecule has 0 bridgehead atoms. The predicted octanol–water partition coefficient (Wildman–Crippen LogP) is 2.25. The molecule has 0 spiro atoms. The van der Waals surface area contributed by atoms with Crippen LogP contribution in [0.5, 0.6) is 0 Å². The molecule has 0 saturated heterocycles.